The van der Waals surface area contributed by atoms with Gasteiger partial charge in [-0.15, -0.1) is 11.3 Å². The summed E-state index contributed by atoms with van der Waals surface area (Å²) in [5.41, 5.74) is 1.34. The van der Waals surface area contributed by atoms with Crippen LogP contribution < -0.4 is 5.32 Å². The second-order valence-electron chi connectivity index (χ2n) is 7.83. The van der Waals surface area contributed by atoms with Crippen molar-refractivity contribution in [1.82, 2.24) is 14.8 Å². The maximum absolute atomic E-state index is 13.2. The van der Waals surface area contributed by atoms with Crippen molar-refractivity contribution in [2.24, 2.45) is 0 Å². The number of aryl methyl sites for hydroxylation is 1. The Kier molecular flexibility index (Phi) is 5.48. The van der Waals surface area contributed by atoms with E-state index in [0.29, 0.717) is 42.6 Å². The van der Waals surface area contributed by atoms with Gasteiger partial charge in [0.25, 0.3) is 11.8 Å². The molecule has 1 aliphatic carbocycles. The first-order valence-corrected chi connectivity index (χ1v) is 11.4. The highest BCUT2D eigenvalue weighted by atomic mass is 32.1. The zero-order valence-corrected chi connectivity index (χ0v) is 18.1. The van der Waals surface area contributed by atoms with Crippen LogP contribution in [0, 0.1) is 0 Å². The van der Waals surface area contributed by atoms with Crippen LogP contribution in [0.4, 0.5) is 5.13 Å². The van der Waals surface area contributed by atoms with E-state index in [1.54, 1.807) is 29.2 Å². The van der Waals surface area contributed by atoms with Crippen molar-refractivity contribution in [1.29, 1.82) is 0 Å². The molecule has 2 aliphatic rings. The maximum Gasteiger partial charge on any atom is 0.289 e. The number of amides is 3. The fourth-order valence-electron chi connectivity index (χ4n) is 4.19. The number of aromatic nitrogens is 1. The zero-order valence-electron chi connectivity index (χ0n) is 17.3. The summed E-state index contributed by atoms with van der Waals surface area (Å²) in [4.78, 5) is 47.2. The predicted octanol–water partition coefficient (Wildman–Crippen LogP) is 3.00. The lowest BCUT2D eigenvalue weighted by Gasteiger charge is -2.35. The molecule has 32 heavy (non-hydrogen) atoms. The Morgan fingerprint density at radius 3 is 2.47 bits per heavy atom. The summed E-state index contributed by atoms with van der Waals surface area (Å²) in [5, 5.41) is 3.37. The molecule has 3 amide bonds. The molecule has 0 radical (unpaired) electrons. The molecule has 8 nitrogen and oxygen atoms in total. The molecule has 3 aromatic rings. The van der Waals surface area contributed by atoms with E-state index in [-0.39, 0.29) is 23.6 Å². The van der Waals surface area contributed by atoms with Crippen molar-refractivity contribution < 1.29 is 18.8 Å². The van der Waals surface area contributed by atoms with Gasteiger partial charge in [0.05, 0.1) is 17.9 Å². The SMILES string of the molecule is O=C(Nc1nc2c(s1)CCC2C(=O)N1CCN(C(=O)c2ccco2)CC1)c1ccccc1. The Morgan fingerprint density at radius 2 is 1.75 bits per heavy atom. The second kappa shape index (κ2) is 8.58. The van der Waals surface area contributed by atoms with Gasteiger partial charge in [0.1, 0.15) is 0 Å². The third-order valence-corrected chi connectivity index (χ3v) is 6.93. The van der Waals surface area contributed by atoms with Crippen LogP contribution in [0.1, 0.15) is 43.8 Å². The number of hydrogen-bond donors (Lipinski definition) is 1. The van der Waals surface area contributed by atoms with E-state index in [1.807, 2.05) is 23.1 Å². The molecule has 1 aromatic carbocycles. The Morgan fingerprint density at radius 1 is 1.00 bits per heavy atom. The van der Waals surface area contributed by atoms with Crippen molar-refractivity contribution in [3.8, 4) is 0 Å². The largest absolute Gasteiger partial charge is 0.459 e. The summed E-state index contributed by atoms with van der Waals surface area (Å²) in [6, 6.07) is 12.3. The second-order valence-corrected chi connectivity index (χ2v) is 8.92. The van der Waals surface area contributed by atoms with Gasteiger partial charge in [0, 0.05) is 36.6 Å². The number of piperazine rings is 1. The van der Waals surface area contributed by atoms with Gasteiger partial charge in [0.15, 0.2) is 10.9 Å². The minimum atomic E-state index is -0.295. The summed E-state index contributed by atoms with van der Waals surface area (Å²) in [6.45, 7) is 1.91. The average Bonchev–Trinajstić information content (AvgIpc) is 3.57. The van der Waals surface area contributed by atoms with Crippen molar-refractivity contribution in [3.63, 3.8) is 0 Å². The summed E-state index contributed by atoms with van der Waals surface area (Å²) in [5.74, 6) is -0.296. The van der Waals surface area contributed by atoms with Gasteiger partial charge in [0.2, 0.25) is 5.91 Å². The Balaban J connectivity index is 1.21. The highest BCUT2D eigenvalue weighted by molar-refractivity contribution is 7.16. The van der Waals surface area contributed by atoms with Gasteiger partial charge >= 0.3 is 0 Å². The molecule has 2 aromatic heterocycles. The van der Waals surface area contributed by atoms with E-state index in [0.717, 1.165) is 23.4 Å². The fraction of sp³-hybridized carbons (Fsp3) is 0.304. The highest BCUT2D eigenvalue weighted by Crippen LogP contribution is 2.39. The standard InChI is InChI=1S/C23H22N4O4S/c28-20(15-5-2-1-3-6-15)25-23-24-19-16(8-9-18(19)32-23)21(29)26-10-12-27(13-11-26)22(30)17-7-4-14-31-17/h1-7,14,16H,8-13H2,(H,24,25,28). The van der Waals surface area contributed by atoms with Crippen molar-refractivity contribution in [2.75, 3.05) is 31.5 Å². The van der Waals surface area contributed by atoms with Crippen LogP contribution in [0.2, 0.25) is 0 Å². The van der Waals surface area contributed by atoms with Gasteiger partial charge in [-0.25, -0.2) is 4.98 Å². The average molecular weight is 451 g/mol. The van der Waals surface area contributed by atoms with Crippen molar-refractivity contribution in [2.45, 2.75) is 18.8 Å². The lowest BCUT2D eigenvalue weighted by atomic mass is 10.1. The molecular weight excluding hydrogens is 428 g/mol. The summed E-state index contributed by atoms with van der Waals surface area (Å²) >= 11 is 1.44. The molecule has 3 heterocycles. The lowest BCUT2D eigenvalue weighted by Crippen LogP contribution is -2.51. The number of benzene rings is 1. The van der Waals surface area contributed by atoms with E-state index in [2.05, 4.69) is 10.3 Å². The van der Waals surface area contributed by atoms with Crippen molar-refractivity contribution in [3.05, 3.63) is 70.6 Å². The fourth-order valence-corrected chi connectivity index (χ4v) is 5.22. The Labute approximate surface area is 188 Å². The van der Waals surface area contributed by atoms with Gasteiger partial charge in [-0.05, 0) is 37.1 Å². The topological polar surface area (TPSA) is 95.8 Å². The van der Waals surface area contributed by atoms with E-state index < -0.39 is 0 Å². The summed E-state index contributed by atoms with van der Waals surface area (Å²) in [6.07, 6.45) is 2.99. The number of furan rings is 1. The number of fused-ring (bicyclic) bond motifs is 1. The molecule has 1 saturated heterocycles. The molecule has 0 spiro atoms. The first kappa shape index (κ1) is 20.4. The molecule has 164 valence electrons. The lowest BCUT2D eigenvalue weighted by molar-refractivity contribution is -0.134. The van der Waals surface area contributed by atoms with Crippen LogP contribution in [0.3, 0.4) is 0 Å². The molecule has 5 rings (SSSR count). The van der Waals surface area contributed by atoms with E-state index in [9.17, 15) is 14.4 Å². The van der Waals surface area contributed by atoms with Crippen LogP contribution in [-0.4, -0.2) is 58.7 Å². The number of carbonyl (C=O) groups is 3. The van der Waals surface area contributed by atoms with E-state index in [1.165, 1.54) is 17.6 Å². The van der Waals surface area contributed by atoms with Crippen LogP contribution in [0.5, 0.6) is 0 Å². The summed E-state index contributed by atoms with van der Waals surface area (Å²) < 4.78 is 5.19. The normalized spacial score (nSPS) is 17.8. The van der Waals surface area contributed by atoms with E-state index in [4.69, 9.17) is 4.42 Å². The third kappa shape index (κ3) is 3.91. The number of thiazole rings is 1. The maximum atomic E-state index is 13.2. The number of carbonyl (C=O) groups excluding carboxylic acids is 3. The number of nitrogens with zero attached hydrogens (tertiary/aromatic N) is 3. The van der Waals surface area contributed by atoms with Gasteiger partial charge < -0.3 is 14.2 Å². The number of nitrogens with one attached hydrogen (secondary N) is 1. The van der Waals surface area contributed by atoms with Crippen LogP contribution in [0.15, 0.2) is 53.1 Å². The molecule has 0 saturated carbocycles. The minimum absolute atomic E-state index is 0.0417. The van der Waals surface area contributed by atoms with Crippen LogP contribution in [-0.2, 0) is 11.2 Å². The van der Waals surface area contributed by atoms with Gasteiger partial charge in [-0.1, -0.05) is 18.2 Å². The van der Waals surface area contributed by atoms with Crippen molar-refractivity contribution >= 4 is 34.2 Å². The number of hydrogen-bond acceptors (Lipinski definition) is 6. The van der Waals surface area contributed by atoms with E-state index >= 15 is 0 Å². The Bertz CT molecular complexity index is 1130. The minimum Gasteiger partial charge on any atom is -0.459 e. The monoisotopic (exact) mass is 450 g/mol. The first-order chi connectivity index (χ1) is 15.6. The number of rotatable bonds is 4. The van der Waals surface area contributed by atoms with Crippen LogP contribution >= 0.6 is 11.3 Å². The highest BCUT2D eigenvalue weighted by Gasteiger charge is 2.37. The first-order valence-electron chi connectivity index (χ1n) is 10.6. The van der Waals surface area contributed by atoms with Crippen LogP contribution in [0.25, 0.3) is 0 Å². The molecular formula is C23H22N4O4S. The molecule has 1 fully saturated rings. The molecule has 1 atom stereocenters. The molecule has 1 aliphatic heterocycles. The molecule has 1 unspecified atom stereocenters. The smallest absolute Gasteiger partial charge is 0.289 e. The quantitative estimate of drug-likeness (QED) is 0.659. The summed E-state index contributed by atoms with van der Waals surface area (Å²) in [7, 11) is 0. The third-order valence-electron chi connectivity index (χ3n) is 5.88. The molecule has 9 heteroatoms. The predicted molar refractivity (Wildman–Crippen MR) is 119 cm³/mol. The number of anilines is 1. The van der Waals surface area contributed by atoms with Gasteiger partial charge in [-0.2, -0.15) is 0 Å². The molecule has 0 bridgehead atoms. The zero-order chi connectivity index (χ0) is 22.1. The molecule has 1 N–H and O–H groups in total. The van der Waals surface area contributed by atoms with Gasteiger partial charge in [-0.3, -0.25) is 19.7 Å². The Hall–Kier alpha value is -3.46.